The second kappa shape index (κ2) is 10.4. The molecule has 3 aliphatic heterocycles. The van der Waals surface area contributed by atoms with Crippen molar-refractivity contribution >= 4 is 35.1 Å². The molecule has 3 aliphatic rings. The van der Waals surface area contributed by atoms with Gasteiger partial charge in [0.25, 0.3) is 5.91 Å². The smallest absolute Gasteiger partial charge is 0.312 e. The molecular formula is C28H37ClN2O6. The van der Waals surface area contributed by atoms with E-state index >= 15 is 0 Å². The molecule has 1 spiro atoms. The summed E-state index contributed by atoms with van der Waals surface area (Å²) in [7, 11) is 0. The Hall–Kier alpha value is -2.42. The fraction of sp³-hybridized carbons (Fsp3) is 0.607. The number of nitrogens with zero attached hydrogens (tertiary/aromatic N) is 2. The van der Waals surface area contributed by atoms with Crippen molar-refractivity contribution in [3.05, 3.63) is 41.9 Å². The van der Waals surface area contributed by atoms with E-state index < -0.39 is 41.1 Å². The number of hydrogen-bond donors (Lipinski definition) is 1. The molecule has 3 saturated heterocycles. The van der Waals surface area contributed by atoms with Crippen LogP contribution in [-0.2, 0) is 23.9 Å². The van der Waals surface area contributed by atoms with Gasteiger partial charge >= 0.3 is 5.97 Å². The number of likely N-dealkylation sites (tertiary alicyclic amines) is 1. The minimum Gasteiger partial charge on any atom is -0.466 e. The van der Waals surface area contributed by atoms with E-state index in [0.717, 1.165) is 0 Å². The van der Waals surface area contributed by atoms with Crippen molar-refractivity contribution < 1.29 is 29.0 Å². The molecule has 0 aliphatic carbocycles. The Morgan fingerprint density at radius 1 is 1.32 bits per heavy atom. The fourth-order valence-electron chi connectivity index (χ4n) is 6.67. The molecule has 3 heterocycles. The quantitative estimate of drug-likeness (QED) is 0.365. The Kier molecular flexibility index (Phi) is 7.75. The minimum atomic E-state index is -1.20. The molecule has 6 atom stereocenters. The largest absolute Gasteiger partial charge is 0.466 e. The van der Waals surface area contributed by atoms with Gasteiger partial charge in [-0.15, -0.1) is 6.58 Å². The Bertz CT molecular complexity index is 1060. The van der Waals surface area contributed by atoms with E-state index in [0.29, 0.717) is 30.0 Å². The van der Waals surface area contributed by atoms with Crippen molar-refractivity contribution in [2.45, 2.75) is 70.2 Å². The first-order valence-electron chi connectivity index (χ1n) is 13.0. The average molecular weight is 533 g/mol. The van der Waals surface area contributed by atoms with Crippen molar-refractivity contribution in [3.63, 3.8) is 0 Å². The molecular weight excluding hydrogens is 496 g/mol. The summed E-state index contributed by atoms with van der Waals surface area (Å²) in [6.07, 6.45) is 3.09. The van der Waals surface area contributed by atoms with Gasteiger partial charge in [0.2, 0.25) is 5.91 Å². The van der Waals surface area contributed by atoms with E-state index in [2.05, 4.69) is 6.58 Å². The molecule has 2 bridgehead atoms. The zero-order valence-electron chi connectivity index (χ0n) is 22.0. The summed E-state index contributed by atoms with van der Waals surface area (Å²) in [6.45, 7) is 11.5. The highest BCUT2D eigenvalue weighted by atomic mass is 35.5. The van der Waals surface area contributed by atoms with Gasteiger partial charge in [0.1, 0.15) is 17.6 Å². The van der Waals surface area contributed by atoms with Gasteiger partial charge in [-0.05, 0) is 63.3 Å². The molecule has 0 saturated carbocycles. The molecule has 0 aromatic heterocycles. The third-order valence-electron chi connectivity index (χ3n) is 8.05. The fourth-order valence-corrected chi connectivity index (χ4v) is 6.79. The normalized spacial score (nSPS) is 30.9. The van der Waals surface area contributed by atoms with Crippen LogP contribution >= 0.6 is 11.6 Å². The van der Waals surface area contributed by atoms with E-state index in [-0.39, 0.29) is 37.5 Å². The van der Waals surface area contributed by atoms with Crippen molar-refractivity contribution in [2.75, 3.05) is 24.7 Å². The summed E-state index contributed by atoms with van der Waals surface area (Å²) in [4.78, 5) is 44.9. The lowest BCUT2D eigenvalue weighted by molar-refractivity contribution is -0.160. The van der Waals surface area contributed by atoms with Gasteiger partial charge in [0.05, 0.1) is 30.8 Å². The number of ether oxygens (including phenoxy) is 2. The molecule has 1 N–H and O–H groups in total. The average Bonchev–Trinajstić information content (AvgIpc) is 3.42. The number of aliphatic hydroxyl groups excluding tert-OH is 1. The van der Waals surface area contributed by atoms with Gasteiger partial charge in [0.15, 0.2) is 0 Å². The number of rotatable bonds is 10. The van der Waals surface area contributed by atoms with Crippen LogP contribution in [0.2, 0.25) is 5.02 Å². The standard InChI is InChI=1S/C28H37ClN2O6/c1-6-14-30(19-10-8-18(29)9-11-19)25(34)23-28-13-12-27(5,37-28)22(26(35)36-7-2)21(28)24(33)31(23)20(16-32)15-17(3)4/h6,8-11,17,20-23,32H,1,7,12-16H2,2-5H3/t20-,21+,22-,23?,27+,28?/m1/s1. The molecule has 4 rings (SSSR count). The maximum atomic E-state index is 14.5. The highest BCUT2D eigenvalue weighted by Crippen LogP contribution is 2.64. The van der Waals surface area contributed by atoms with E-state index in [9.17, 15) is 19.5 Å². The van der Waals surface area contributed by atoms with Crippen LogP contribution in [0.5, 0.6) is 0 Å². The van der Waals surface area contributed by atoms with Gasteiger partial charge < -0.3 is 24.4 Å². The van der Waals surface area contributed by atoms with Crippen LogP contribution < -0.4 is 4.90 Å². The van der Waals surface area contributed by atoms with Gasteiger partial charge in [-0.2, -0.15) is 0 Å². The number of hydrogen-bond acceptors (Lipinski definition) is 6. The minimum absolute atomic E-state index is 0.162. The Morgan fingerprint density at radius 2 is 2.00 bits per heavy atom. The molecule has 37 heavy (non-hydrogen) atoms. The monoisotopic (exact) mass is 532 g/mol. The van der Waals surface area contributed by atoms with Crippen molar-refractivity contribution in [1.29, 1.82) is 0 Å². The van der Waals surface area contributed by atoms with E-state index in [1.807, 2.05) is 20.8 Å². The summed E-state index contributed by atoms with van der Waals surface area (Å²) in [5.41, 5.74) is -1.50. The number of esters is 1. The highest BCUT2D eigenvalue weighted by Gasteiger charge is 2.79. The topological polar surface area (TPSA) is 96.4 Å². The van der Waals surface area contributed by atoms with Crippen LogP contribution in [0.25, 0.3) is 0 Å². The Balaban J connectivity index is 1.85. The molecule has 3 fully saturated rings. The van der Waals surface area contributed by atoms with E-state index in [1.54, 1.807) is 42.2 Å². The number of amides is 2. The van der Waals surface area contributed by atoms with Crippen LogP contribution in [-0.4, -0.2) is 70.8 Å². The lowest BCUT2D eigenvalue weighted by Gasteiger charge is -2.40. The van der Waals surface area contributed by atoms with Crippen LogP contribution in [0.15, 0.2) is 36.9 Å². The molecule has 2 unspecified atom stereocenters. The second-order valence-electron chi connectivity index (χ2n) is 10.9. The van der Waals surface area contributed by atoms with Gasteiger partial charge in [-0.3, -0.25) is 14.4 Å². The number of anilines is 1. The number of carbonyl (C=O) groups is 3. The highest BCUT2D eigenvalue weighted by molar-refractivity contribution is 6.30. The lowest BCUT2D eigenvalue weighted by Crippen LogP contribution is -2.59. The van der Waals surface area contributed by atoms with Crippen molar-refractivity contribution in [3.8, 4) is 0 Å². The molecule has 202 valence electrons. The first kappa shape index (κ1) is 27.6. The molecule has 2 amide bonds. The van der Waals surface area contributed by atoms with Crippen LogP contribution in [0.4, 0.5) is 5.69 Å². The zero-order valence-corrected chi connectivity index (χ0v) is 22.7. The molecule has 9 heteroatoms. The van der Waals surface area contributed by atoms with Crippen LogP contribution in [0.1, 0.15) is 47.0 Å². The predicted octanol–water partition coefficient (Wildman–Crippen LogP) is 3.59. The maximum absolute atomic E-state index is 14.5. The Labute approximate surface area is 223 Å². The second-order valence-corrected chi connectivity index (χ2v) is 11.3. The molecule has 8 nitrogen and oxygen atoms in total. The summed E-state index contributed by atoms with van der Waals surface area (Å²) in [5, 5.41) is 10.9. The lowest BCUT2D eigenvalue weighted by atomic mass is 9.66. The number of halogens is 1. The van der Waals surface area contributed by atoms with E-state index in [4.69, 9.17) is 21.1 Å². The van der Waals surface area contributed by atoms with Crippen LogP contribution in [0.3, 0.4) is 0 Å². The third-order valence-corrected chi connectivity index (χ3v) is 8.30. The van der Waals surface area contributed by atoms with E-state index in [1.165, 1.54) is 4.90 Å². The van der Waals surface area contributed by atoms with Gasteiger partial charge in [-0.1, -0.05) is 31.5 Å². The third kappa shape index (κ3) is 4.47. The number of benzene rings is 1. The Morgan fingerprint density at radius 3 is 2.57 bits per heavy atom. The summed E-state index contributed by atoms with van der Waals surface area (Å²) >= 11 is 6.09. The van der Waals surface area contributed by atoms with Crippen molar-refractivity contribution in [1.82, 2.24) is 4.90 Å². The number of carbonyl (C=O) groups excluding carboxylic acids is 3. The van der Waals surface area contributed by atoms with Gasteiger partial charge in [-0.25, -0.2) is 0 Å². The molecule has 0 radical (unpaired) electrons. The van der Waals surface area contributed by atoms with Crippen molar-refractivity contribution in [2.24, 2.45) is 17.8 Å². The number of fused-ring (bicyclic) bond motifs is 1. The molecule has 1 aromatic carbocycles. The molecule has 1 aromatic rings. The summed E-state index contributed by atoms with van der Waals surface area (Å²) < 4.78 is 12.0. The number of aliphatic hydroxyl groups is 1. The first-order chi connectivity index (χ1) is 17.5. The van der Waals surface area contributed by atoms with Crippen LogP contribution in [0, 0.1) is 17.8 Å². The summed E-state index contributed by atoms with van der Waals surface area (Å²) in [5.74, 6) is -2.69. The van der Waals surface area contributed by atoms with Gasteiger partial charge in [0, 0.05) is 17.3 Å². The SMILES string of the molecule is C=CCN(C(=O)C1N([C@@H](CO)CC(C)C)C(=O)[C@@H]2[C@H](C(=O)OCC)[C@]3(C)CCC12O3)c1ccc(Cl)cc1. The zero-order chi connectivity index (χ0) is 27.1. The first-order valence-corrected chi connectivity index (χ1v) is 13.4. The summed E-state index contributed by atoms with van der Waals surface area (Å²) in [6, 6.07) is 5.27. The predicted molar refractivity (Wildman–Crippen MR) is 140 cm³/mol. The maximum Gasteiger partial charge on any atom is 0.312 e.